The summed E-state index contributed by atoms with van der Waals surface area (Å²) in [6.45, 7) is 5.68. The average molecular weight is 440 g/mol. The molecule has 1 atom stereocenters. The van der Waals surface area contributed by atoms with E-state index in [1.54, 1.807) is 0 Å². The van der Waals surface area contributed by atoms with Crippen molar-refractivity contribution < 1.29 is 9.53 Å². The molecule has 5 nitrogen and oxygen atoms in total. The lowest BCUT2D eigenvalue weighted by atomic mass is 9.95. The number of nitrogens with zero attached hydrogens (tertiary/aromatic N) is 2. The Morgan fingerprint density at radius 2 is 2.06 bits per heavy atom. The molecule has 2 fully saturated rings. The number of hydrogen-bond donors (Lipinski definition) is 1. The SMILES string of the molecule is C#Cc1cc(C2(NC(=O)c3cc(OC[C@@H]4CCN4C)ccc3C)CC2)c2ccc(C)nc2c1. The summed E-state index contributed by atoms with van der Waals surface area (Å²) in [6.07, 6.45) is 8.63. The van der Waals surface area contributed by atoms with Gasteiger partial charge in [-0.2, -0.15) is 0 Å². The minimum atomic E-state index is -0.420. The Hall–Kier alpha value is -3.36. The zero-order valence-electron chi connectivity index (χ0n) is 19.4. The van der Waals surface area contributed by atoms with E-state index >= 15 is 0 Å². The third-order valence-corrected chi connectivity index (χ3v) is 7.07. The maximum Gasteiger partial charge on any atom is 0.252 e. The molecule has 0 spiro atoms. The molecule has 0 radical (unpaired) electrons. The van der Waals surface area contributed by atoms with Crippen LogP contribution in [0.2, 0.25) is 0 Å². The van der Waals surface area contributed by atoms with E-state index in [0.717, 1.165) is 64.8 Å². The Morgan fingerprint density at radius 3 is 2.73 bits per heavy atom. The molecule has 168 valence electrons. The summed E-state index contributed by atoms with van der Waals surface area (Å²) in [7, 11) is 2.11. The van der Waals surface area contributed by atoms with Crippen molar-refractivity contribution in [1.29, 1.82) is 0 Å². The number of benzene rings is 2. The second kappa shape index (κ2) is 8.20. The second-order valence-corrected chi connectivity index (χ2v) is 9.43. The molecule has 1 aliphatic carbocycles. The van der Waals surface area contributed by atoms with Gasteiger partial charge in [-0.05, 0) is 88.2 Å². The molecular formula is C28H29N3O2. The number of pyridine rings is 1. The molecule has 2 aromatic carbocycles. The fourth-order valence-corrected chi connectivity index (χ4v) is 4.60. The fraction of sp³-hybridized carbons (Fsp3) is 0.357. The summed E-state index contributed by atoms with van der Waals surface area (Å²) in [5, 5.41) is 4.36. The first-order valence-corrected chi connectivity index (χ1v) is 11.5. The van der Waals surface area contributed by atoms with Crippen LogP contribution in [0.5, 0.6) is 5.75 Å². The van der Waals surface area contributed by atoms with Crippen molar-refractivity contribution in [2.24, 2.45) is 0 Å². The highest BCUT2D eigenvalue weighted by Gasteiger charge is 2.47. The molecule has 2 aliphatic rings. The van der Waals surface area contributed by atoms with E-state index in [-0.39, 0.29) is 5.91 Å². The zero-order valence-corrected chi connectivity index (χ0v) is 19.4. The quantitative estimate of drug-likeness (QED) is 0.581. The number of rotatable bonds is 6. The second-order valence-electron chi connectivity index (χ2n) is 9.43. The number of aromatic nitrogens is 1. The molecule has 1 saturated carbocycles. The van der Waals surface area contributed by atoms with Gasteiger partial charge >= 0.3 is 0 Å². The average Bonchev–Trinajstić information content (AvgIpc) is 3.58. The van der Waals surface area contributed by atoms with Crippen molar-refractivity contribution in [3.63, 3.8) is 0 Å². The smallest absolute Gasteiger partial charge is 0.252 e. The number of aryl methyl sites for hydroxylation is 2. The first-order valence-electron chi connectivity index (χ1n) is 11.5. The molecule has 1 saturated heterocycles. The van der Waals surface area contributed by atoms with Crippen LogP contribution in [0.15, 0.2) is 42.5 Å². The lowest BCUT2D eigenvalue weighted by Gasteiger charge is -2.37. The minimum Gasteiger partial charge on any atom is -0.492 e. The normalized spacial score (nSPS) is 18.9. The van der Waals surface area contributed by atoms with Crippen LogP contribution in [0.1, 0.15) is 52.0 Å². The fourth-order valence-electron chi connectivity index (χ4n) is 4.60. The number of nitrogens with one attached hydrogen (secondary N) is 1. The van der Waals surface area contributed by atoms with E-state index in [1.807, 2.05) is 50.2 Å². The molecule has 5 rings (SSSR count). The molecule has 2 heterocycles. The van der Waals surface area contributed by atoms with Crippen molar-refractivity contribution in [3.8, 4) is 18.1 Å². The number of likely N-dealkylation sites (N-methyl/N-ethyl adjacent to an activating group) is 1. The number of likely N-dealkylation sites (tertiary alicyclic amines) is 1. The first-order chi connectivity index (χ1) is 15.9. The zero-order chi connectivity index (χ0) is 23.2. The van der Waals surface area contributed by atoms with Gasteiger partial charge in [-0.1, -0.05) is 18.1 Å². The molecule has 1 aliphatic heterocycles. The molecule has 5 heteroatoms. The maximum atomic E-state index is 13.4. The molecule has 1 amide bonds. The summed E-state index contributed by atoms with van der Waals surface area (Å²) in [5.41, 5.74) is 4.79. The molecule has 1 N–H and O–H groups in total. The monoisotopic (exact) mass is 439 g/mol. The third kappa shape index (κ3) is 4.07. The molecule has 3 aromatic rings. The van der Waals surface area contributed by atoms with Crippen molar-refractivity contribution >= 4 is 16.8 Å². The van der Waals surface area contributed by atoms with E-state index in [9.17, 15) is 4.79 Å². The third-order valence-electron chi connectivity index (χ3n) is 7.07. The number of carbonyl (C=O) groups is 1. The van der Waals surface area contributed by atoms with Crippen LogP contribution in [0.4, 0.5) is 0 Å². The summed E-state index contributed by atoms with van der Waals surface area (Å²) < 4.78 is 6.00. The lowest BCUT2D eigenvalue weighted by Crippen LogP contribution is -2.48. The Labute approximate surface area is 195 Å². The van der Waals surface area contributed by atoms with Crippen LogP contribution < -0.4 is 10.1 Å². The lowest BCUT2D eigenvalue weighted by molar-refractivity contribution is 0.0767. The van der Waals surface area contributed by atoms with Crippen molar-refractivity contribution in [3.05, 3.63) is 70.4 Å². The first kappa shape index (κ1) is 21.5. The van der Waals surface area contributed by atoms with Crippen LogP contribution in [-0.2, 0) is 5.54 Å². The van der Waals surface area contributed by atoms with Gasteiger partial charge < -0.3 is 10.1 Å². The van der Waals surface area contributed by atoms with Gasteiger partial charge in [0, 0.05) is 28.2 Å². The number of terminal acetylenes is 1. The summed E-state index contributed by atoms with van der Waals surface area (Å²) in [5.74, 6) is 3.39. The topological polar surface area (TPSA) is 54.5 Å². The summed E-state index contributed by atoms with van der Waals surface area (Å²) in [6, 6.07) is 14.3. The van der Waals surface area contributed by atoms with E-state index in [1.165, 1.54) is 0 Å². The van der Waals surface area contributed by atoms with Crippen molar-refractivity contribution in [1.82, 2.24) is 15.2 Å². The molecule has 33 heavy (non-hydrogen) atoms. The summed E-state index contributed by atoms with van der Waals surface area (Å²) >= 11 is 0. The minimum absolute atomic E-state index is 0.0875. The Morgan fingerprint density at radius 1 is 1.24 bits per heavy atom. The Balaban J connectivity index is 1.41. The highest BCUT2D eigenvalue weighted by molar-refractivity contribution is 5.97. The van der Waals surface area contributed by atoms with Crippen LogP contribution in [0.3, 0.4) is 0 Å². The number of ether oxygens (including phenoxy) is 1. The number of carbonyl (C=O) groups excluding carboxylic acids is 1. The number of hydrogen-bond acceptors (Lipinski definition) is 4. The molecular weight excluding hydrogens is 410 g/mol. The Bertz CT molecular complexity index is 1290. The van der Waals surface area contributed by atoms with Gasteiger partial charge in [0.15, 0.2) is 0 Å². The van der Waals surface area contributed by atoms with Gasteiger partial charge in [-0.25, -0.2) is 0 Å². The number of fused-ring (bicyclic) bond motifs is 1. The van der Waals surface area contributed by atoms with Crippen LogP contribution in [0, 0.1) is 26.2 Å². The predicted molar refractivity (Wildman–Crippen MR) is 131 cm³/mol. The maximum absolute atomic E-state index is 13.4. The van der Waals surface area contributed by atoms with Crippen molar-refractivity contribution in [2.75, 3.05) is 20.2 Å². The van der Waals surface area contributed by atoms with E-state index < -0.39 is 5.54 Å². The highest BCUT2D eigenvalue weighted by atomic mass is 16.5. The van der Waals surface area contributed by atoms with Crippen molar-refractivity contribution in [2.45, 2.75) is 44.7 Å². The van der Waals surface area contributed by atoms with E-state index in [2.05, 4.69) is 34.2 Å². The van der Waals surface area contributed by atoms with Gasteiger partial charge in [0.2, 0.25) is 0 Å². The van der Waals surface area contributed by atoms with Crippen LogP contribution in [-0.4, -0.2) is 42.0 Å². The standard InChI is InChI=1S/C28H29N3O2/c1-5-20-14-25(23-9-7-19(3)29-26(23)15-20)28(11-12-28)30-27(32)24-16-22(8-6-18(24)2)33-17-21-10-13-31(21)4/h1,6-9,14-16,21H,10-13,17H2,2-4H3,(H,30,32)/t21-/m0/s1. The predicted octanol–water partition coefficient (Wildman–Crippen LogP) is 4.33. The van der Waals surface area contributed by atoms with Gasteiger partial charge in [-0.15, -0.1) is 6.42 Å². The van der Waals surface area contributed by atoms with Crippen LogP contribution in [0.25, 0.3) is 10.9 Å². The molecule has 0 unspecified atom stereocenters. The number of amides is 1. The van der Waals surface area contributed by atoms with Gasteiger partial charge in [0.05, 0.1) is 11.1 Å². The van der Waals surface area contributed by atoms with Crippen LogP contribution >= 0.6 is 0 Å². The largest absolute Gasteiger partial charge is 0.492 e. The van der Waals surface area contributed by atoms with Gasteiger partial charge in [0.1, 0.15) is 12.4 Å². The molecule has 1 aromatic heterocycles. The van der Waals surface area contributed by atoms with E-state index in [0.29, 0.717) is 18.2 Å². The van der Waals surface area contributed by atoms with E-state index in [4.69, 9.17) is 11.2 Å². The van der Waals surface area contributed by atoms with Gasteiger partial charge in [0.25, 0.3) is 5.91 Å². The Kier molecular flexibility index (Phi) is 5.34. The highest BCUT2D eigenvalue weighted by Crippen LogP contribution is 2.48. The van der Waals surface area contributed by atoms with Gasteiger partial charge in [-0.3, -0.25) is 14.7 Å². The summed E-state index contributed by atoms with van der Waals surface area (Å²) in [4.78, 5) is 20.4. The molecule has 0 bridgehead atoms.